The van der Waals surface area contributed by atoms with Crippen molar-refractivity contribution in [1.29, 1.82) is 0 Å². The Morgan fingerprint density at radius 1 is 0.581 bits per heavy atom. The molecule has 0 atom stereocenters. The Balaban J connectivity index is 1.52. The standard InChI is InChI=1S/C27H20BrN3/c28-24-15-17-25(18-16-24)31-19-26(22-9-5-2-6-10-22)29-27(30-31)23-13-11-21(12-14-23)20-7-3-1-4-8-20/h1-19H,(H,29,30). The van der Waals surface area contributed by atoms with Gasteiger partial charge in [-0.2, -0.15) is 0 Å². The molecule has 0 aromatic heterocycles. The average Bonchev–Trinajstić information content (AvgIpc) is 2.85. The zero-order valence-electron chi connectivity index (χ0n) is 16.7. The topological polar surface area (TPSA) is 27.6 Å². The van der Waals surface area contributed by atoms with Gasteiger partial charge in [0.25, 0.3) is 0 Å². The molecule has 31 heavy (non-hydrogen) atoms. The molecule has 0 fully saturated rings. The number of anilines is 1. The molecule has 3 nitrogen and oxygen atoms in total. The van der Waals surface area contributed by atoms with Crippen molar-refractivity contribution in [1.82, 2.24) is 5.43 Å². The van der Waals surface area contributed by atoms with Gasteiger partial charge in [0.1, 0.15) is 0 Å². The Hall–Kier alpha value is -3.63. The van der Waals surface area contributed by atoms with Gasteiger partial charge in [-0.15, -0.1) is 0 Å². The van der Waals surface area contributed by atoms with E-state index >= 15 is 0 Å². The second-order valence-corrected chi connectivity index (χ2v) is 8.16. The minimum absolute atomic E-state index is 0.809. The molecule has 0 saturated carbocycles. The molecule has 0 radical (unpaired) electrons. The van der Waals surface area contributed by atoms with Crippen LogP contribution in [0.5, 0.6) is 0 Å². The number of benzene rings is 4. The average molecular weight is 466 g/mol. The van der Waals surface area contributed by atoms with E-state index in [2.05, 4.69) is 94.2 Å². The Kier molecular flexibility index (Phi) is 5.38. The molecule has 1 aliphatic heterocycles. The number of hydrogen-bond donors (Lipinski definition) is 1. The van der Waals surface area contributed by atoms with Gasteiger partial charge in [-0.3, -0.25) is 10.4 Å². The van der Waals surface area contributed by atoms with Gasteiger partial charge in [0.15, 0.2) is 5.84 Å². The first-order chi connectivity index (χ1) is 15.3. The molecule has 1 heterocycles. The second-order valence-electron chi connectivity index (χ2n) is 7.24. The Labute approximate surface area is 190 Å². The molecule has 0 spiro atoms. The van der Waals surface area contributed by atoms with Crippen LogP contribution in [-0.2, 0) is 0 Å². The van der Waals surface area contributed by atoms with Gasteiger partial charge in [0.05, 0.1) is 17.6 Å². The maximum absolute atomic E-state index is 4.93. The molecule has 4 aromatic carbocycles. The van der Waals surface area contributed by atoms with Crippen molar-refractivity contribution in [2.75, 3.05) is 5.01 Å². The van der Waals surface area contributed by atoms with E-state index in [1.807, 2.05) is 47.6 Å². The van der Waals surface area contributed by atoms with Crippen LogP contribution in [0.4, 0.5) is 5.69 Å². The number of hydrazine groups is 1. The van der Waals surface area contributed by atoms with Crippen molar-refractivity contribution >= 4 is 33.1 Å². The molecule has 1 N–H and O–H groups in total. The summed E-state index contributed by atoms with van der Waals surface area (Å²) in [6.07, 6.45) is 2.03. The lowest BCUT2D eigenvalue weighted by molar-refractivity contribution is 0.908. The summed E-state index contributed by atoms with van der Waals surface area (Å²) in [5.74, 6) is 0.809. The Bertz CT molecular complexity index is 1230. The van der Waals surface area contributed by atoms with Gasteiger partial charge in [0.2, 0.25) is 0 Å². The van der Waals surface area contributed by atoms with Crippen LogP contribution in [0.15, 0.2) is 125 Å². The third-order valence-corrected chi connectivity index (χ3v) is 5.68. The molecule has 0 bridgehead atoms. The fourth-order valence-corrected chi connectivity index (χ4v) is 3.78. The van der Waals surface area contributed by atoms with E-state index in [0.29, 0.717) is 0 Å². The first-order valence-electron chi connectivity index (χ1n) is 10.1. The number of hydrogen-bond acceptors (Lipinski definition) is 3. The number of aliphatic imine (C=N–C) groups is 1. The zero-order chi connectivity index (χ0) is 21.0. The molecule has 0 saturated heterocycles. The summed E-state index contributed by atoms with van der Waals surface area (Å²) < 4.78 is 1.05. The fourth-order valence-electron chi connectivity index (χ4n) is 3.51. The third-order valence-electron chi connectivity index (χ3n) is 5.15. The number of halogens is 1. The van der Waals surface area contributed by atoms with Crippen LogP contribution < -0.4 is 10.4 Å². The van der Waals surface area contributed by atoms with E-state index < -0.39 is 0 Å². The number of rotatable bonds is 4. The SMILES string of the molecule is Brc1ccc(N2C=C(c3ccccc3)N=C(c3ccc(-c4ccccc4)cc3)N2)cc1. The zero-order valence-corrected chi connectivity index (χ0v) is 18.3. The van der Waals surface area contributed by atoms with Crippen molar-refractivity contribution in [3.05, 3.63) is 131 Å². The monoisotopic (exact) mass is 465 g/mol. The number of amidine groups is 1. The van der Waals surface area contributed by atoms with Crippen LogP contribution >= 0.6 is 15.9 Å². The molecular formula is C27H20BrN3. The summed E-state index contributed by atoms with van der Waals surface area (Å²) in [7, 11) is 0. The van der Waals surface area contributed by atoms with E-state index in [0.717, 1.165) is 32.8 Å². The normalized spacial score (nSPS) is 13.3. The molecule has 4 heteroatoms. The Morgan fingerprint density at radius 3 is 1.77 bits per heavy atom. The summed E-state index contributed by atoms with van der Waals surface area (Å²) >= 11 is 3.51. The van der Waals surface area contributed by atoms with Crippen molar-refractivity contribution < 1.29 is 0 Å². The van der Waals surface area contributed by atoms with Crippen LogP contribution in [-0.4, -0.2) is 5.84 Å². The van der Waals surface area contributed by atoms with Gasteiger partial charge < -0.3 is 0 Å². The molecule has 1 aliphatic rings. The Morgan fingerprint density at radius 2 is 1.13 bits per heavy atom. The summed E-state index contributed by atoms with van der Waals surface area (Å²) in [6, 6.07) is 37.3. The summed E-state index contributed by atoms with van der Waals surface area (Å²) in [5.41, 5.74) is 9.89. The van der Waals surface area contributed by atoms with Crippen molar-refractivity contribution in [2.45, 2.75) is 0 Å². The quantitative estimate of drug-likeness (QED) is 0.355. The van der Waals surface area contributed by atoms with Gasteiger partial charge in [0, 0.05) is 15.6 Å². The maximum atomic E-state index is 4.93. The van der Waals surface area contributed by atoms with Gasteiger partial charge in [-0.25, -0.2) is 4.99 Å². The molecule has 0 unspecified atom stereocenters. The first-order valence-corrected chi connectivity index (χ1v) is 10.9. The fraction of sp³-hybridized carbons (Fsp3) is 0. The molecular weight excluding hydrogens is 446 g/mol. The summed E-state index contributed by atoms with van der Waals surface area (Å²) in [6.45, 7) is 0. The predicted octanol–water partition coefficient (Wildman–Crippen LogP) is 6.89. The first kappa shape index (κ1) is 19.3. The minimum atomic E-state index is 0.809. The van der Waals surface area contributed by atoms with Crippen LogP contribution in [0.2, 0.25) is 0 Å². The molecule has 0 aliphatic carbocycles. The van der Waals surface area contributed by atoms with E-state index in [1.54, 1.807) is 0 Å². The molecule has 0 amide bonds. The highest BCUT2D eigenvalue weighted by atomic mass is 79.9. The van der Waals surface area contributed by atoms with E-state index in [4.69, 9.17) is 4.99 Å². The minimum Gasteiger partial charge on any atom is -0.277 e. The van der Waals surface area contributed by atoms with Crippen molar-refractivity contribution in [3.8, 4) is 11.1 Å². The molecule has 4 aromatic rings. The van der Waals surface area contributed by atoms with Crippen LogP contribution in [0.3, 0.4) is 0 Å². The van der Waals surface area contributed by atoms with E-state index in [1.165, 1.54) is 11.1 Å². The highest BCUT2D eigenvalue weighted by Crippen LogP contribution is 2.26. The van der Waals surface area contributed by atoms with Crippen LogP contribution in [0.25, 0.3) is 16.8 Å². The van der Waals surface area contributed by atoms with Gasteiger partial charge in [-0.1, -0.05) is 101 Å². The lowest BCUT2D eigenvalue weighted by Crippen LogP contribution is -2.41. The van der Waals surface area contributed by atoms with E-state index in [9.17, 15) is 0 Å². The lowest BCUT2D eigenvalue weighted by atomic mass is 10.0. The highest BCUT2D eigenvalue weighted by molar-refractivity contribution is 9.10. The van der Waals surface area contributed by atoms with Crippen molar-refractivity contribution in [2.24, 2.45) is 4.99 Å². The van der Waals surface area contributed by atoms with Crippen molar-refractivity contribution in [3.63, 3.8) is 0 Å². The van der Waals surface area contributed by atoms with Crippen LogP contribution in [0, 0.1) is 0 Å². The summed E-state index contributed by atoms with van der Waals surface area (Å²) in [4.78, 5) is 4.93. The number of nitrogens with zero attached hydrogens (tertiary/aromatic N) is 2. The van der Waals surface area contributed by atoms with Crippen LogP contribution in [0.1, 0.15) is 11.1 Å². The largest absolute Gasteiger partial charge is 0.277 e. The third kappa shape index (κ3) is 4.30. The summed E-state index contributed by atoms with van der Waals surface area (Å²) in [5, 5.41) is 2.02. The van der Waals surface area contributed by atoms with Gasteiger partial charge in [-0.05, 0) is 35.4 Å². The molecule has 5 rings (SSSR count). The van der Waals surface area contributed by atoms with Gasteiger partial charge >= 0.3 is 0 Å². The smallest absolute Gasteiger partial charge is 0.152 e. The molecule has 150 valence electrons. The predicted molar refractivity (Wildman–Crippen MR) is 133 cm³/mol. The second kappa shape index (κ2) is 8.62. The van der Waals surface area contributed by atoms with E-state index in [-0.39, 0.29) is 0 Å². The lowest BCUT2D eigenvalue weighted by Gasteiger charge is -2.28. The highest BCUT2D eigenvalue weighted by Gasteiger charge is 2.17. The maximum Gasteiger partial charge on any atom is 0.152 e. The number of nitrogens with one attached hydrogen (secondary N) is 1.